The van der Waals surface area contributed by atoms with Gasteiger partial charge in [0.15, 0.2) is 0 Å². The largest absolute Gasteiger partial charge is 0.494 e. The topological polar surface area (TPSA) is 66.8 Å². The molecule has 0 saturated carbocycles. The molecule has 0 bridgehead atoms. The maximum absolute atomic E-state index is 12.7. The number of benzene rings is 1. The van der Waals surface area contributed by atoms with Gasteiger partial charge in [-0.3, -0.25) is 9.59 Å². The van der Waals surface area contributed by atoms with Crippen LogP contribution in [0.4, 0.5) is 4.39 Å². The summed E-state index contributed by atoms with van der Waals surface area (Å²) in [4.78, 5) is 24.7. The fourth-order valence-corrected chi connectivity index (χ4v) is 2.51. The van der Waals surface area contributed by atoms with Gasteiger partial charge in [-0.25, -0.2) is 4.39 Å². The summed E-state index contributed by atoms with van der Waals surface area (Å²) >= 11 is 0. The summed E-state index contributed by atoms with van der Waals surface area (Å²) in [5, 5.41) is 9.01. The van der Waals surface area contributed by atoms with E-state index in [1.807, 2.05) is 0 Å². The summed E-state index contributed by atoms with van der Waals surface area (Å²) < 4.78 is 18.2. The van der Waals surface area contributed by atoms with Crippen molar-refractivity contribution in [2.75, 3.05) is 19.7 Å². The minimum Gasteiger partial charge on any atom is -0.494 e. The highest BCUT2D eigenvalue weighted by atomic mass is 19.1. The zero-order valence-electron chi connectivity index (χ0n) is 12.3. The summed E-state index contributed by atoms with van der Waals surface area (Å²) in [7, 11) is 0. The van der Waals surface area contributed by atoms with Crippen LogP contribution in [-0.2, 0) is 9.59 Å². The van der Waals surface area contributed by atoms with Gasteiger partial charge in [-0.1, -0.05) is 0 Å². The first-order valence-corrected chi connectivity index (χ1v) is 7.45. The molecule has 0 aromatic heterocycles. The molecule has 1 amide bonds. The normalized spacial score (nSPS) is 18.0. The Bertz CT molecular complexity index is 517. The van der Waals surface area contributed by atoms with E-state index in [9.17, 15) is 14.0 Å². The molecule has 0 radical (unpaired) electrons. The monoisotopic (exact) mass is 309 g/mol. The predicted molar refractivity (Wildman–Crippen MR) is 78.1 cm³/mol. The van der Waals surface area contributed by atoms with Gasteiger partial charge in [0.25, 0.3) is 0 Å². The number of amides is 1. The minimum atomic E-state index is -0.836. The first-order chi connectivity index (χ1) is 10.6. The molecule has 1 heterocycles. The zero-order valence-corrected chi connectivity index (χ0v) is 12.3. The Kier molecular flexibility index (Phi) is 5.75. The molecule has 1 fully saturated rings. The van der Waals surface area contributed by atoms with Crippen LogP contribution in [0.3, 0.4) is 0 Å². The lowest BCUT2D eigenvalue weighted by atomic mass is 9.98. The molecule has 120 valence electrons. The van der Waals surface area contributed by atoms with Gasteiger partial charge < -0.3 is 14.7 Å². The Morgan fingerprint density at radius 1 is 1.32 bits per heavy atom. The molecule has 1 N–H and O–H groups in total. The van der Waals surface area contributed by atoms with E-state index in [0.29, 0.717) is 44.7 Å². The number of halogens is 1. The number of hydrogen-bond donors (Lipinski definition) is 1. The second kappa shape index (κ2) is 7.77. The molecular weight excluding hydrogens is 289 g/mol. The molecule has 6 heteroatoms. The van der Waals surface area contributed by atoms with Gasteiger partial charge in [0, 0.05) is 19.5 Å². The van der Waals surface area contributed by atoms with E-state index in [2.05, 4.69) is 0 Å². The van der Waals surface area contributed by atoms with Crippen molar-refractivity contribution in [3.8, 4) is 5.75 Å². The molecule has 5 nitrogen and oxygen atoms in total. The summed E-state index contributed by atoms with van der Waals surface area (Å²) in [6.07, 6.45) is 2.24. The quantitative estimate of drug-likeness (QED) is 0.819. The molecule has 0 spiro atoms. The number of ether oxygens (including phenoxy) is 1. The molecule has 2 rings (SSSR count). The van der Waals surface area contributed by atoms with Crippen molar-refractivity contribution in [1.29, 1.82) is 0 Å². The highest BCUT2D eigenvalue weighted by Gasteiger charge is 2.27. The number of nitrogens with zero attached hydrogens (tertiary/aromatic N) is 1. The number of carbonyl (C=O) groups is 2. The van der Waals surface area contributed by atoms with Crippen LogP contribution in [0.25, 0.3) is 0 Å². The number of carboxylic acids is 1. The molecule has 1 saturated heterocycles. The Labute approximate surface area is 128 Å². The molecule has 1 aliphatic heterocycles. The molecule has 22 heavy (non-hydrogen) atoms. The van der Waals surface area contributed by atoms with E-state index in [1.165, 1.54) is 12.1 Å². The second-order valence-corrected chi connectivity index (χ2v) is 5.42. The van der Waals surface area contributed by atoms with E-state index in [0.717, 1.165) is 6.42 Å². The Morgan fingerprint density at radius 2 is 2.05 bits per heavy atom. The van der Waals surface area contributed by atoms with Gasteiger partial charge in [0.2, 0.25) is 5.91 Å². The maximum Gasteiger partial charge on any atom is 0.308 e. The fourth-order valence-electron chi connectivity index (χ4n) is 2.51. The lowest BCUT2D eigenvalue weighted by Gasteiger charge is -2.30. The van der Waals surface area contributed by atoms with Crippen molar-refractivity contribution < 1.29 is 23.8 Å². The van der Waals surface area contributed by atoms with Crippen LogP contribution in [0.1, 0.15) is 25.7 Å². The number of rotatable bonds is 6. The third kappa shape index (κ3) is 4.72. The van der Waals surface area contributed by atoms with Crippen molar-refractivity contribution in [3.05, 3.63) is 30.1 Å². The SMILES string of the molecule is O=C(O)C1CCCN(C(=O)CCCOc2ccc(F)cc2)C1. The average molecular weight is 309 g/mol. The number of aliphatic carboxylic acids is 1. The highest BCUT2D eigenvalue weighted by Crippen LogP contribution is 2.18. The van der Waals surface area contributed by atoms with Crippen molar-refractivity contribution >= 4 is 11.9 Å². The van der Waals surface area contributed by atoms with Crippen molar-refractivity contribution in [2.45, 2.75) is 25.7 Å². The lowest BCUT2D eigenvalue weighted by Crippen LogP contribution is -2.42. The molecule has 1 unspecified atom stereocenters. The number of likely N-dealkylation sites (tertiary alicyclic amines) is 1. The molecule has 1 aromatic carbocycles. The standard InChI is InChI=1S/C16H20FNO4/c17-13-5-7-14(8-6-13)22-10-2-4-15(19)18-9-1-3-12(11-18)16(20)21/h5-8,12H,1-4,9-11H2,(H,20,21). The molecule has 1 atom stereocenters. The molecule has 0 aliphatic carbocycles. The zero-order chi connectivity index (χ0) is 15.9. The first kappa shape index (κ1) is 16.3. The van der Waals surface area contributed by atoms with Gasteiger partial charge in [-0.2, -0.15) is 0 Å². The number of carbonyl (C=O) groups excluding carboxylic acids is 1. The van der Waals surface area contributed by atoms with Crippen molar-refractivity contribution in [1.82, 2.24) is 4.90 Å². The smallest absolute Gasteiger partial charge is 0.308 e. The fraction of sp³-hybridized carbons (Fsp3) is 0.500. The first-order valence-electron chi connectivity index (χ1n) is 7.45. The lowest BCUT2D eigenvalue weighted by molar-refractivity contribution is -0.145. The summed E-state index contributed by atoms with van der Waals surface area (Å²) in [6.45, 7) is 1.29. The summed E-state index contributed by atoms with van der Waals surface area (Å²) in [5.41, 5.74) is 0. The Morgan fingerprint density at radius 3 is 2.73 bits per heavy atom. The Hall–Kier alpha value is -2.11. The van der Waals surface area contributed by atoms with Crippen LogP contribution in [0.2, 0.25) is 0 Å². The van der Waals surface area contributed by atoms with E-state index < -0.39 is 11.9 Å². The van der Waals surface area contributed by atoms with Gasteiger partial charge in [-0.15, -0.1) is 0 Å². The van der Waals surface area contributed by atoms with Crippen molar-refractivity contribution in [3.63, 3.8) is 0 Å². The molecule has 1 aromatic rings. The van der Waals surface area contributed by atoms with Gasteiger partial charge in [0.1, 0.15) is 11.6 Å². The Balaban J connectivity index is 1.69. The van der Waals surface area contributed by atoms with Gasteiger partial charge in [0.05, 0.1) is 12.5 Å². The third-order valence-corrected chi connectivity index (χ3v) is 3.74. The average Bonchev–Trinajstić information content (AvgIpc) is 2.53. The molecular formula is C16H20FNO4. The van der Waals surface area contributed by atoms with Crippen LogP contribution in [0.15, 0.2) is 24.3 Å². The van der Waals surface area contributed by atoms with Gasteiger partial charge >= 0.3 is 5.97 Å². The minimum absolute atomic E-state index is 0.0337. The van der Waals surface area contributed by atoms with Crippen LogP contribution in [0.5, 0.6) is 5.75 Å². The number of piperidine rings is 1. The summed E-state index contributed by atoms with van der Waals surface area (Å²) in [6, 6.07) is 5.72. The third-order valence-electron chi connectivity index (χ3n) is 3.74. The van der Waals surface area contributed by atoms with E-state index >= 15 is 0 Å². The highest BCUT2D eigenvalue weighted by molar-refractivity contribution is 5.78. The van der Waals surface area contributed by atoms with Crippen LogP contribution in [-0.4, -0.2) is 41.6 Å². The summed E-state index contributed by atoms with van der Waals surface area (Å²) in [5.74, 6) is -1.07. The van der Waals surface area contributed by atoms with Crippen LogP contribution in [0, 0.1) is 11.7 Å². The number of hydrogen-bond acceptors (Lipinski definition) is 3. The van der Waals surface area contributed by atoms with E-state index in [1.54, 1.807) is 17.0 Å². The molecule has 1 aliphatic rings. The van der Waals surface area contributed by atoms with Crippen molar-refractivity contribution in [2.24, 2.45) is 5.92 Å². The van der Waals surface area contributed by atoms with Crippen LogP contribution >= 0.6 is 0 Å². The van der Waals surface area contributed by atoms with Gasteiger partial charge in [-0.05, 0) is 43.5 Å². The van der Waals surface area contributed by atoms with E-state index in [4.69, 9.17) is 9.84 Å². The predicted octanol–water partition coefficient (Wildman–Crippen LogP) is 2.31. The van der Waals surface area contributed by atoms with E-state index in [-0.39, 0.29) is 11.7 Å². The van der Waals surface area contributed by atoms with Crippen LogP contribution < -0.4 is 4.74 Å². The number of carboxylic acid groups (broad SMARTS) is 1. The maximum atomic E-state index is 12.7. The second-order valence-electron chi connectivity index (χ2n) is 5.42.